The average Bonchev–Trinajstić information content (AvgIpc) is 3.23. The van der Waals surface area contributed by atoms with Crippen LogP contribution in [0.2, 0.25) is 0 Å². The molecule has 1 fully saturated rings. The molecule has 0 bridgehead atoms. The van der Waals surface area contributed by atoms with Crippen LogP contribution in [0.1, 0.15) is 43.7 Å². The van der Waals surface area contributed by atoms with Gasteiger partial charge >= 0.3 is 0 Å². The molecule has 0 saturated carbocycles. The lowest BCUT2D eigenvalue weighted by Crippen LogP contribution is -2.48. The number of hydrogen-bond donors (Lipinski definition) is 1. The Morgan fingerprint density at radius 2 is 1.72 bits per heavy atom. The molecule has 2 aliphatic heterocycles. The van der Waals surface area contributed by atoms with Crippen molar-refractivity contribution in [3.8, 4) is 0 Å². The molecule has 2 aromatic carbocycles. The van der Waals surface area contributed by atoms with Crippen LogP contribution >= 0.6 is 0 Å². The fourth-order valence-electron chi connectivity index (χ4n) is 5.07. The largest absolute Gasteiger partial charge is 0.354 e. The lowest BCUT2D eigenvalue weighted by molar-refractivity contribution is -0.126. The van der Waals surface area contributed by atoms with Crippen LogP contribution in [-0.4, -0.2) is 48.9 Å². The summed E-state index contributed by atoms with van der Waals surface area (Å²) in [4.78, 5) is 29.6. The second-order valence-electron chi connectivity index (χ2n) is 9.09. The van der Waals surface area contributed by atoms with E-state index in [1.165, 1.54) is 24.8 Å². The van der Waals surface area contributed by atoms with E-state index in [9.17, 15) is 9.59 Å². The van der Waals surface area contributed by atoms with E-state index in [1.807, 2.05) is 31.2 Å². The van der Waals surface area contributed by atoms with Gasteiger partial charge in [0.1, 0.15) is 6.04 Å². The van der Waals surface area contributed by atoms with Gasteiger partial charge in [-0.2, -0.15) is 0 Å². The Hall–Kier alpha value is -2.66. The van der Waals surface area contributed by atoms with Gasteiger partial charge in [0, 0.05) is 25.1 Å². The van der Waals surface area contributed by atoms with E-state index in [1.54, 1.807) is 4.90 Å². The van der Waals surface area contributed by atoms with Crippen LogP contribution in [0.3, 0.4) is 0 Å². The Morgan fingerprint density at radius 1 is 1.00 bits per heavy atom. The van der Waals surface area contributed by atoms with Crippen molar-refractivity contribution in [2.24, 2.45) is 5.92 Å². The van der Waals surface area contributed by atoms with Gasteiger partial charge in [-0.25, -0.2) is 0 Å². The first-order valence-corrected chi connectivity index (χ1v) is 12.1. The number of fused-ring (bicyclic) bond motifs is 1. The highest BCUT2D eigenvalue weighted by Gasteiger charge is 2.37. The Bertz CT molecular complexity index is 906. The van der Waals surface area contributed by atoms with Crippen LogP contribution in [-0.2, 0) is 22.4 Å². The van der Waals surface area contributed by atoms with Crippen LogP contribution in [0, 0.1) is 5.92 Å². The third kappa shape index (κ3) is 5.39. The van der Waals surface area contributed by atoms with Crippen molar-refractivity contribution in [3.05, 3.63) is 65.7 Å². The minimum atomic E-state index is -0.423. The van der Waals surface area contributed by atoms with Gasteiger partial charge < -0.3 is 10.2 Å². The Kier molecular flexibility index (Phi) is 7.59. The molecule has 0 spiro atoms. The standard InChI is InChI=1S/C27H35N3O2/c1-2-26(31)30-24-12-7-6-11-23(24)20-25(30)27(32)28-15-8-16-29-17-13-22(14-18-29)19-21-9-4-3-5-10-21/h3-7,9-12,22,25H,2,8,13-20H2,1H3,(H,28,32)/t25-/m1/s1. The molecular weight excluding hydrogens is 398 g/mol. The van der Waals surface area contributed by atoms with Gasteiger partial charge in [0.25, 0.3) is 0 Å². The zero-order valence-electron chi connectivity index (χ0n) is 19.1. The molecule has 32 heavy (non-hydrogen) atoms. The third-order valence-electron chi connectivity index (χ3n) is 6.87. The number of nitrogens with zero attached hydrogens (tertiary/aromatic N) is 2. The maximum Gasteiger partial charge on any atom is 0.243 e. The van der Waals surface area contributed by atoms with Gasteiger partial charge in [-0.3, -0.25) is 14.5 Å². The quantitative estimate of drug-likeness (QED) is 0.644. The first-order valence-electron chi connectivity index (χ1n) is 12.1. The number of rotatable bonds is 8. The van der Waals surface area contributed by atoms with Gasteiger partial charge in [0.05, 0.1) is 0 Å². The van der Waals surface area contributed by atoms with E-state index in [0.717, 1.165) is 43.2 Å². The summed E-state index contributed by atoms with van der Waals surface area (Å²) in [6.45, 7) is 5.80. The van der Waals surface area contributed by atoms with Crippen LogP contribution < -0.4 is 10.2 Å². The number of nitrogens with one attached hydrogen (secondary N) is 1. The predicted molar refractivity (Wildman–Crippen MR) is 129 cm³/mol. The monoisotopic (exact) mass is 433 g/mol. The zero-order chi connectivity index (χ0) is 22.3. The maximum atomic E-state index is 12.9. The van der Waals surface area contributed by atoms with Crippen molar-refractivity contribution in [2.45, 2.75) is 51.5 Å². The van der Waals surface area contributed by atoms with E-state index in [4.69, 9.17) is 0 Å². The molecule has 4 rings (SSSR count). The Balaban J connectivity index is 1.18. The number of carbonyl (C=O) groups excluding carboxylic acids is 2. The molecule has 5 heteroatoms. The number of likely N-dealkylation sites (tertiary alicyclic amines) is 1. The number of para-hydroxylation sites is 1. The number of piperidine rings is 1. The third-order valence-corrected chi connectivity index (χ3v) is 6.87. The van der Waals surface area contributed by atoms with Gasteiger partial charge in [0.2, 0.25) is 11.8 Å². The van der Waals surface area contributed by atoms with Gasteiger partial charge in [-0.15, -0.1) is 0 Å². The van der Waals surface area contributed by atoms with Crippen molar-refractivity contribution < 1.29 is 9.59 Å². The number of benzene rings is 2. The molecule has 0 unspecified atom stereocenters. The summed E-state index contributed by atoms with van der Waals surface area (Å²) in [5.41, 5.74) is 3.41. The molecule has 2 heterocycles. The number of anilines is 1. The average molecular weight is 434 g/mol. The molecule has 0 radical (unpaired) electrons. The van der Waals surface area contributed by atoms with Crippen molar-refractivity contribution in [1.82, 2.24) is 10.2 Å². The lowest BCUT2D eigenvalue weighted by atomic mass is 9.90. The van der Waals surface area contributed by atoms with Gasteiger partial charge in [-0.05, 0) is 68.4 Å². The number of amides is 2. The molecule has 1 saturated heterocycles. The topological polar surface area (TPSA) is 52.7 Å². The molecule has 1 atom stereocenters. The highest BCUT2D eigenvalue weighted by atomic mass is 16.2. The first-order chi connectivity index (χ1) is 15.7. The number of carbonyl (C=O) groups is 2. The van der Waals surface area contributed by atoms with E-state index in [2.05, 4.69) is 40.5 Å². The lowest BCUT2D eigenvalue weighted by Gasteiger charge is -2.32. The van der Waals surface area contributed by atoms with Gasteiger partial charge in [-0.1, -0.05) is 55.5 Å². The minimum absolute atomic E-state index is 0.00785. The SMILES string of the molecule is CCC(=O)N1c2ccccc2C[C@@H]1C(=O)NCCCN1CCC(Cc2ccccc2)CC1. The molecule has 2 aliphatic rings. The summed E-state index contributed by atoms with van der Waals surface area (Å²) in [5, 5.41) is 3.09. The summed E-state index contributed by atoms with van der Waals surface area (Å²) in [5.74, 6) is 0.748. The predicted octanol–water partition coefficient (Wildman–Crippen LogP) is 3.82. The van der Waals surface area contributed by atoms with Crippen LogP contribution in [0.15, 0.2) is 54.6 Å². The molecule has 0 aromatic heterocycles. The minimum Gasteiger partial charge on any atom is -0.354 e. The van der Waals surface area contributed by atoms with Crippen LogP contribution in [0.25, 0.3) is 0 Å². The first kappa shape index (κ1) is 22.5. The fourth-order valence-corrected chi connectivity index (χ4v) is 5.07. The number of hydrogen-bond acceptors (Lipinski definition) is 3. The maximum absolute atomic E-state index is 12.9. The Labute approximate surface area is 191 Å². The van der Waals surface area contributed by atoms with E-state index >= 15 is 0 Å². The summed E-state index contributed by atoms with van der Waals surface area (Å²) in [6.07, 6.45) is 5.62. The normalized spacial score (nSPS) is 19.0. The summed E-state index contributed by atoms with van der Waals surface area (Å²) in [7, 11) is 0. The fraction of sp³-hybridized carbons (Fsp3) is 0.481. The van der Waals surface area contributed by atoms with Crippen molar-refractivity contribution in [1.29, 1.82) is 0 Å². The molecule has 2 aromatic rings. The second-order valence-corrected chi connectivity index (χ2v) is 9.09. The Morgan fingerprint density at radius 3 is 2.47 bits per heavy atom. The molecule has 2 amide bonds. The van der Waals surface area contributed by atoms with Crippen molar-refractivity contribution >= 4 is 17.5 Å². The smallest absolute Gasteiger partial charge is 0.243 e. The zero-order valence-corrected chi connectivity index (χ0v) is 19.1. The highest BCUT2D eigenvalue weighted by Crippen LogP contribution is 2.32. The molecule has 5 nitrogen and oxygen atoms in total. The second kappa shape index (κ2) is 10.8. The van der Waals surface area contributed by atoms with Crippen molar-refractivity contribution in [2.75, 3.05) is 31.1 Å². The summed E-state index contributed by atoms with van der Waals surface area (Å²) >= 11 is 0. The molecule has 0 aliphatic carbocycles. The summed E-state index contributed by atoms with van der Waals surface area (Å²) in [6, 6.07) is 18.2. The molecular formula is C27H35N3O2. The van der Waals surface area contributed by atoms with Crippen LogP contribution in [0.5, 0.6) is 0 Å². The van der Waals surface area contributed by atoms with Gasteiger partial charge in [0.15, 0.2) is 0 Å². The van der Waals surface area contributed by atoms with E-state index in [-0.39, 0.29) is 11.8 Å². The van der Waals surface area contributed by atoms with E-state index < -0.39 is 6.04 Å². The van der Waals surface area contributed by atoms with E-state index in [0.29, 0.717) is 19.4 Å². The molecule has 170 valence electrons. The summed E-state index contributed by atoms with van der Waals surface area (Å²) < 4.78 is 0. The van der Waals surface area contributed by atoms with Crippen LogP contribution in [0.4, 0.5) is 5.69 Å². The van der Waals surface area contributed by atoms with Crippen molar-refractivity contribution in [3.63, 3.8) is 0 Å². The molecule has 1 N–H and O–H groups in total. The highest BCUT2D eigenvalue weighted by molar-refractivity contribution is 6.03.